The van der Waals surface area contributed by atoms with Crippen molar-refractivity contribution in [3.63, 3.8) is 0 Å². The fraction of sp³-hybridized carbons (Fsp3) is 0.133. The lowest BCUT2D eigenvalue weighted by molar-refractivity contribution is 0.214. The smallest absolute Gasteiger partial charge is 0.410 e. The van der Waals surface area contributed by atoms with E-state index in [-0.39, 0.29) is 5.02 Å². The molecule has 0 bridgehead atoms. The second-order valence-electron chi connectivity index (χ2n) is 4.48. The Labute approximate surface area is 137 Å². The van der Waals surface area contributed by atoms with Gasteiger partial charge in [-0.1, -0.05) is 40.9 Å². The summed E-state index contributed by atoms with van der Waals surface area (Å²) in [5.41, 5.74) is 1.93. The number of amides is 1. The molecule has 1 N–H and O–H groups in total. The summed E-state index contributed by atoms with van der Waals surface area (Å²) in [4.78, 5) is 12.0. The van der Waals surface area contributed by atoms with Crippen molar-refractivity contribution in [3.8, 4) is 5.75 Å². The molecule has 0 saturated carbocycles. The van der Waals surface area contributed by atoms with Crippen molar-refractivity contribution in [2.75, 3.05) is 5.32 Å². The molecule has 0 aliphatic carbocycles. The average molecular weight is 345 g/mol. The van der Waals surface area contributed by atoms with Gasteiger partial charge in [-0.15, -0.1) is 0 Å². The van der Waals surface area contributed by atoms with Crippen LogP contribution in [0.2, 0.25) is 15.1 Å². The summed E-state index contributed by atoms with van der Waals surface area (Å²) >= 11 is 17.8. The van der Waals surface area contributed by atoms with Gasteiger partial charge in [0.25, 0.3) is 0 Å². The fourth-order valence-electron chi connectivity index (χ4n) is 1.89. The summed E-state index contributed by atoms with van der Waals surface area (Å²) in [6.07, 6.45) is -0.646. The van der Waals surface area contributed by atoms with E-state index in [0.29, 0.717) is 21.5 Å². The first kappa shape index (κ1) is 16.0. The van der Waals surface area contributed by atoms with E-state index in [1.807, 2.05) is 13.8 Å². The molecule has 2 aromatic rings. The lowest BCUT2D eigenvalue weighted by atomic mass is 10.1. The highest BCUT2D eigenvalue weighted by Gasteiger charge is 2.13. The minimum absolute atomic E-state index is 0.265. The van der Waals surface area contributed by atoms with Gasteiger partial charge in [-0.05, 0) is 49.2 Å². The molecular formula is C15H12Cl3NO2. The van der Waals surface area contributed by atoms with Crippen LogP contribution in [0, 0.1) is 13.8 Å². The van der Waals surface area contributed by atoms with Crippen molar-refractivity contribution >= 4 is 46.6 Å². The number of rotatable bonds is 2. The topological polar surface area (TPSA) is 38.3 Å². The number of ether oxygens (including phenoxy) is 1. The Hall–Kier alpha value is -1.42. The van der Waals surface area contributed by atoms with E-state index in [9.17, 15) is 4.79 Å². The normalized spacial score (nSPS) is 10.3. The summed E-state index contributed by atoms with van der Waals surface area (Å²) in [5.74, 6) is 0.468. The van der Waals surface area contributed by atoms with Crippen molar-refractivity contribution in [2.45, 2.75) is 13.8 Å². The molecule has 1 amide bonds. The second-order valence-corrected chi connectivity index (χ2v) is 5.71. The first-order valence-corrected chi connectivity index (χ1v) is 7.21. The molecule has 0 radical (unpaired) electrons. The molecule has 2 aromatic carbocycles. The Kier molecular flexibility index (Phi) is 4.99. The van der Waals surface area contributed by atoms with Gasteiger partial charge in [-0.25, -0.2) is 4.79 Å². The lowest BCUT2D eigenvalue weighted by Gasteiger charge is -2.12. The van der Waals surface area contributed by atoms with Crippen molar-refractivity contribution in [1.82, 2.24) is 0 Å². The third-order valence-corrected chi connectivity index (χ3v) is 3.85. The van der Waals surface area contributed by atoms with Gasteiger partial charge in [0, 0.05) is 5.02 Å². The SMILES string of the molecule is Cc1cc(Cl)cc(C)c1OC(=O)Nc1cccc(Cl)c1Cl. The molecule has 0 aliphatic heterocycles. The highest BCUT2D eigenvalue weighted by molar-refractivity contribution is 6.43. The van der Waals surface area contributed by atoms with Crippen molar-refractivity contribution in [1.29, 1.82) is 0 Å². The van der Waals surface area contributed by atoms with Crippen LogP contribution in [0.25, 0.3) is 0 Å². The van der Waals surface area contributed by atoms with Crippen LogP contribution < -0.4 is 10.1 Å². The largest absolute Gasteiger partial charge is 0.417 e. The first-order chi connectivity index (χ1) is 9.88. The molecule has 0 heterocycles. The van der Waals surface area contributed by atoms with Gasteiger partial charge in [0.1, 0.15) is 5.75 Å². The minimum Gasteiger partial charge on any atom is -0.410 e. The number of benzene rings is 2. The van der Waals surface area contributed by atoms with Gasteiger partial charge in [0.05, 0.1) is 15.7 Å². The number of nitrogens with one attached hydrogen (secondary N) is 1. The van der Waals surface area contributed by atoms with E-state index in [0.717, 1.165) is 11.1 Å². The van der Waals surface area contributed by atoms with Crippen LogP contribution in [0.4, 0.5) is 10.5 Å². The maximum absolute atomic E-state index is 12.0. The van der Waals surface area contributed by atoms with Crippen LogP contribution in [-0.4, -0.2) is 6.09 Å². The van der Waals surface area contributed by atoms with Crippen LogP contribution in [0.15, 0.2) is 30.3 Å². The molecule has 0 spiro atoms. The molecule has 3 nitrogen and oxygen atoms in total. The van der Waals surface area contributed by atoms with Crippen LogP contribution in [0.3, 0.4) is 0 Å². The highest BCUT2D eigenvalue weighted by Crippen LogP contribution is 2.31. The zero-order valence-electron chi connectivity index (χ0n) is 11.3. The standard InChI is InChI=1S/C15H12Cl3NO2/c1-8-6-10(16)7-9(2)14(8)21-15(20)19-12-5-3-4-11(17)13(12)18/h3-7H,1-2H3,(H,19,20). The molecule has 0 unspecified atom stereocenters. The van der Waals surface area contributed by atoms with Crippen LogP contribution in [0.5, 0.6) is 5.75 Å². The zero-order chi connectivity index (χ0) is 15.6. The van der Waals surface area contributed by atoms with Gasteiger partial charge in [0.2, 0.25) is 0 Å². The van der Waals surface area contributed by atoms with Gasteiger partial charge in [-0.2, -0.15) is 0 Å². The molecule has 2 rings (SSSR count). The van der Waals surface area contributed by atoms with E-state index >= 15 is 0 Å². The molecule has 0 aliphatic rings. The number of carbonyl (C=O) groups excluding carboxylic acids is 1. The predicted octanol–water partition coefficient (Wildman–Crippen LogP) is 5.87. The van der Waals surface area contributed by atoms with Gasteiger partial charge < -0.3 is 4.74 Å². The summed E-state index contributed by atoms with van der Waals surface area (Å²) in [6, 6.07) is 8.40. The summed E-state index contributed by atoms with van der Waals surface area (Å²) in [5, 5.41) is 3.77. The number of anilines is 1. The first-order valence-electron chi connectivity index (χ1n) is 6.08. The molecule has 21 heavy (non-hydrogen) atoms. The number of hydrogen-bond donors (Lipinski definition) is 1. The fourth-order valence-corrected chi connectivity index (χ4v) is 2.56. The van der Waals surface area contributed by atoms with Crippen molar-refractivity contribution < 1.29 is 9.53 Å². The van der Waals surface area contributed by atoms with E-state index in [1.54, 1.807) is 30.3 Å². The molecule has 0 aromatic heterocycles. The summed E-state index contributed by atoms with van der Waals surface area (Å²) in [6.45, 7) is 3.63. The Bertz CT molecular complexity index is 678. The zero-order valence-corrected chi connectivity index (χ0v) is 13.6. The van der Waals surface area contributed by atoms with Crippen LogP contribution in [-0.2, 0) is 0 Å². The van der Waals surface area contributed by atoms with Gasteiger partial charge >= 0.3 is 6.09 Å². The molecule has 0 saturated heterocycles. The number of aryl methyl sites for hydroxylation is 2. The number of carbonyl (C=O) groups is 1. The quantitative estimate of drug-likeness (QED) is 0.739. The molecular weight excluding hydrogens is 333 g/mol. The van der Waals surface area contributed by atoms with E-state index in [4.69, 9.17) is 39.5 Å². The van der Waals surface area contributed by atoms with Gasteiger partial charge in [0.15, 0.2) is 0 Å². The third-order valence-electron chi connectivity index (χ3n) is 2.81. The Balaban J connectivity index is 2.18. The van der Waals surface area contributed by atoms with Crippen molar-refractivity contribution in [2.24, 2.45) is 0 Å². The Morgan fingerprint density at radius 2 is 1.71 bits per heavy atom. The van der Waals surface area contributed by atoms with E-state index in [1.165, 1.54) is 0 Å². The maximum Gasteiger partial charge on any atom is 0.417 e. The molecule has 0 atom stereocenters. The summed E-state index contributed by atoms with van der Waals surface area (Å²) < 4.78 is 5.32. The average Bonchev–Trinajstić information content (AvgIpc) is 2.39. The van der Waals surface area contributed by atoms with E-state index in [2.05, 4.69) is 5.32 Å². The predicted molar refractivity (Wildman–Crippen MR) is 87.0 cm³/mol. The molecule has 6 heteroatoms. The number of hydrogen-bond acceptors (Lipinski definition) is 2. The Morgan fingerprint density at radius 3 is 2.33 bits per heavy atom. The molecule has 110 valence electrons. The third kappa shape index (κ3) is 3.82. The van der Waals surface area contributed by atoms with Gasteiger partial charge in [-0.3, -0.25) is 5.32 Å². The van der Waals surface area contributed by atoms with Crippen LogP contribution in [0.1, 0.15) is 11.1 Å². The van der Waals surface area contributed by atoms with Crippen LogP contribution >= 0.6 is 34.8 Å². The van der Waals surface area contributed by atoms with Crippen molar-refractivity contribution in [3.05, 3.63) is 56.5 Å². The Morgan fingerprint density at radius 1 is 1.10 bits per heavy atom. The second kappa shape index (κ2) is 6.56. The lowest BCUT2D eigenvalue weighted by Crippen LogP contribution is -2.18. The molecule has 0 fully saturated rings. The minimum atomic E-state index is -0.646. The summed E-state index contributed by atoms with van der Waals surface area (Å²) in [7, 11) is 0. The number of halogens is 3. The van der Waals surface area contributed by atoms with E-state index < -0.39 is 6.09 Å². The maximum atomic E-state index is 12.0. The highest BCUT2D eigenvalue weighted by atomic mass is 35.5. The monoisotopic (exact) mass is 343 g/mol.